The second-order valence-corrected chi connectivity index (χ2v) is 4.44. The van der Waals surface area contributed by atoms with Crippen molar-refractivity contribution in [3.8, 4) is 5.75 Å². The van der Waals surface area contributed by atoms with Crippen LogP contribution >= 0.6 is 0 Å². The van der Waals surface area contributed by atoms with E-state index < -0.39 is 0 Å². The molecule has 1 unspecified atom stereocenters. The summed E-state index contributed by atoms with van der Waals surface area (Å²) in [5, 5.41) is 12.3. The van der Waals surface area contributed by atoms with E-state index >= 15 is 0 Å². The first kappa shape index (κ1) is 12.9. The molecule has 0 amide bonds. The van der Waals surface area contributed by atoms with Crippen LogP contribution in [0.25, 0.3) is 0 Å². The Morgan fingerprint density at radius 2 is 2.33 bits per heavy atom. The smallest absolute Gasteiger partial charge is 0.128 e. The second-order valence-electron chi connectivity index (χ2n) is 4.44. The van der Waals surface area contributed by atoms with Crippen LogP contribution in [-0.4, -0.2) is 30.7 Å². The van der Waals surface area contributed by atoms with E-state index in [0.717, 1.165) is 30.9 Å². The summed E-state index contributed by atoms with van der Waals surface area (Å²) < 4.78 is 11.2. The Morgan fingerprint density at radius 3 is 3.00 bits per heavy atom. The molecule has 1 atom stereocenters. The number of benzene rings is 1. The average molecular weight is 249 g/mol. The van der Waals surface area contributed by atoms with Gasteiger partial charge in [-0.3, -0.25) is 0 Å². The molecule has 1 aromatic rings. The Bertz CT molecular complexity index is 411. The Hall–Kier alpha value is -1.55. The first-order chi connectivity index (χ1) is 8.85. The molecule has 0 radical (unpaired) electrons. The van der Waals surface area contributed by atoms with Crippen molar-refractivity contribution in [1.29, 1.82) is 0 Å². The fourth-order valence-electron chi connectivity index (χ4n) is 2.07. The minimum absolute atomic E-state index is 0.467. The molecule has 1 saturated heterocycles. The maximum absolute atomic E-state index is 9.00. The molecule has 0 bridgehead atoms. The Morgan fingerprint density at radius 1 is 1.50 bits per heavy atom. The third-order valence-corrected chi connectivity index (χ3v) is 3.15. The molecule has 1 aliphatic heterocycles. The Kier molecular flexibility index (Phi) is 4.59. The largest absolute Gasteiger partial charge is 0.493 e. The molecule has 0 spiro atoms. The van der Waals surface area contributed by atoms with Crippen LogP contribution in [0.5, 0.6) is 5.75 Å². The van der Waals surface area contributed by atoms with E-state index in [4.69, 9.17) is 14.7 Å². The highest BCUT2D eigenvalue weighted by Crippen LogP contribution is 2.22. The van der Waals surface area contributed by atoms with Crippen LogP contribution in [0.2, 0.25) is 0 Å². The van der Waals surface area contributed by atoms with Gasteiger partial charge in [0.2, 0.25) is 0 Å². The number of nitrogens with zero attached hydrogens (tertiary/aromatic N) is 1. The summed E-state index contributed by atoms with van der Waals surface area (Å²) in [6.07, 6.45) is 1.72. The molecule has 1 fully saturated rings. The van der Waals surface area contributed by atoms with Gasteiger partial charge in [-0.15, -0.1) is 0 Å². The Balaban J connectivity index is 2.07. The molecule has 1 heterocycles. The molecule has 0 aromatic heterocycles. The highest BCUT2D eigenvalue weighted by Gasteiger charge is 2.17. The summed E-state index contributed by atoms with van der Waals surface area (Å²) in [6.45, 7) is 4.21. The zero-order chi connectivity index (χ0) is 12.8. The van der Waals surface area contributed by atoms with E-state index in [1.54, 1.807) is 0 Å². The van der Waals surface area contributed by atoms with Gasteiger partial charge in [0, 0.05) is 18.1 Å². The summed E-state index contributed by atoms with van der Waals surface area (Å²) in [6, 6.07) is 7.67. The Labute approximate surface area is 107 Å². The van der Waals surface area contributed by atoms with Crippen molar-refractivity contribution in [2.24, 2.45) is 11.1 Å². The van der Waals surface area contributed by atoms with Crippen molar-refractivity contribution in [3.05, 3.63) is 29.8 Å². The number of ether oxygens (including phenoxy) is 2. The maximum atomic E-state index is 9.00. The van der Waals surface area contributed by atoms with Crippen molar-refractivity contribution >= 4 is 5.71 Å². The summed E-state index contributed by atoms with van der Waals surface area (Å²) in [4.78, 5) is 0. The molecule has 0 aliphatic carbocycles. The third kappa shape index (κ3) is 3.01. The molecule has 2 rings (SSSR count). The number of hydrogen-bond donors (Lipinski definition) is 1. The molecular formula is C14H19NO3. The predicted molar refractivity (Wildman–Crippen MR) is 69.5 cm³/mol. The lowest BCUT2D eigenvalue weighted by atomic mass is 10.1. The second kappa shape index (κ2) is 6.40. The van der Waals surface area contributed by atoms with Crippen molar-refractivity contribution in [2.45, 2.75) is 19.8 Å². The summed E-state index contributed by atoms with van der Waals surface area (Å²) >= 11 is 0. The van der Waals surface area contributed by atoms with Crippen molar-refractivity contribution < 1.29 is 14.7 Å². The zero-order valence-corrected chi connectivity index (χ0v) is 10.6. The summed E-state index contributed by atoms with van der Waals surface area (Å²) in [5.74, 6) is 1.24. The van der Waals surface area contributed by atoms with Crippen LogP contribution < -0.4 is 4.74 Å². The molecular weight excluding hydrogens is 230 g/mol. The molecule has 4 nitrogen and oxygen atoms in total. The van der Waals surface area contributed by atoms with Gasteiger partial charge in [0.1, 0.15) is 5.75 Å². The van der Waals surface area contributed by atoms with E-state index in [1.165, 1.54) is 0 Å². The average Bonchev–Trinajstić information content (AvgIpc) is 2.92. The van der Waals surface area contributed by atoms with Gasteiger partial charge in [0.05, 0.1) is 18.9 Å². The molecule has 1 aromatic carbocycles. The number of rotatable bonds is 5. The van der Waals surface area contributed by atoms with Gasteiger partial charge in [-0.25, -0.2) is 0 Å². The van der Waals surface area contributed by atoms with Gasteiger partial charge in [0.15, 0.2) is 0 Å². The molecule has 0 saturated carbocycles. The molecule has 4 heteroatoms. The third-order valence-electron chi connectivity index (χ3n) is 3.15. The lowest BCUT2D eigenvalue weighted by molar-refractivity contribution is 0.167. The van der Waals surface area contributed by atoms with Gasteiger partial charge < -0.3 is 14.7 Å². The maximum Gasteiger partial charge on any atom is 0.128 e. The van der Waals surface area contributed by atoms with Crippen molar-refractivity contribution in [3.63, 3.8) is 0 Å². The van der Waals surface area contributed by atoms with Gasteiger partial charge in [-0.05, 0) is 25.0 Å². The van der Waals surface area contributed by atoms with Gasteiger partial charge in [0.25, 0.3) is 0 Å². The van der Waals surface area contributed by atoms with E-state index in [1.807, 2.05) is 31.2 Å². The number of para-hydroxylation sites is 1. The fraction of sp³-hybridized carbons (Fsp3) is 0.500. The lowest BCUT2D eigenvalue weighted by Crippen LogP contribution is -2.13. The van der Waals surface area contributed by atoms with Crippen LogP contribution in [0.15, 0.2) is 29.4 Å². The summed E-state index contributed by atoms with van der Waals surface area (Å²) in [5.41, 5.74) is 1.51. The predicted octanol–water partition coefficient (Wildman–Crippen LogP) is 2.69. The first-order valence-electron chi connectivity index (χ1n) is 6.36. The first-order valence-corrected chi connectivity index (χ1v) is 6.36. The molecule has 18 heavy (non-hydrogen) atoms. The van der Waals surface area contributed by atoms with E-state index in [-0.39, 0.29) is 0 Å². The molecule has 98 valence electrons. The van der Waals surface area contributed by atoms with Crippen molar-refractivity contribution in [1.82, 2.24) is 0 Å². The van der Waals surface area contributed by atoms with Crippen molar-refractivity contribution in [2.75, 3.05) is 19.8 Å². The lowest BCUT2D eigenvalue weighted by Gasteiger charge is -2.14. The van der Waals surface area contributed by atoms with Gasteiger partial charge in [-0.2, -0.15) is 0 Å². The fourth-order valence-corrected chi connectivity index (χ4v) is 2.07. The topological polar surface area (TPSA) is 51.1 Å². The minimum atomic E-state index is 0.467. The molecule has 1 N–H and O–H groups in total. The zero-order valence-electron chi connectivity index (χ0n) is 10.6. The van der Waals surface area contributed by atoms with Gasteiger partial charge in [-0.1, -0.05) is 24.2 Å². The molecule has 1 aliphatic rings. The van der Waals surface area contributed by atoms with Crippen LogP contribution in [-0.2, 0) is 4.74 Å². The van der Waals surface area contributed by atoms with Crippen LogP contribution in [0.3, 0.4) is 0 Å². The van der Waals surface area contributed by atoms with E-state index in [9.17, 15) is 0 Å². The quantitative estimate of drug-likeness (QED) is 0.496. The number of oxime groups is 1. The normalized spacial score (nSPS) is 20.1. The number of hydrogen-bond acceptors (Lipinski definition) is 4. The SMILES string of the molecule is CCC(=NO)c1ccccc1OCC1CCOC1. The minimum Gasteiger partial charge on any atom is -0.493 e. The van der Waals surface area contributed by atoms with E-state index in [2.05, 4.69) is 5.16 Å². The van der Waals surface area contributed by atoms with Crippen LogP contribution in [0.1, 0.15) is 25.3 Å². The highest BCUT2D eigenvalue weighted by atomic mass is 16.5. The standard InChI is InChI=1S/C14H19NO3/c1-2-13(15-16)12-5-3-4-6-14(12)18-10-11-7-8-17-9-11/h3-6,11,16H,2,7-10H2,1H3. The van der Waals surface area contributed by atoms with Crippen LogP contribution in [0, 0.1) is 5.92 Å². The van der Waals surface area contributed by atoms with Crippen LogP contribution in [0.4, 0.5) is 0 Å². The van der Waals surface area contributed by atoms with Gasteiger partial charge >= 0.3 is 0 Å². The highest BCUT2D eigenvalue weighted by molar-refractivity contribution is 6.02. The monoisotopic (exact) mass is 249 g/mol. The van der Waals surface area contributed by atoms with E-state index in [0.29, 0.717) is 24.7 Å². The summed E-state index contributed by atoms with van der Waals surface area (Å²) in [7, 11) is 0.